The van der Waals surface area contributed by atoms with Crippen LogP contribution in [0.4, 0.5) is 0 Å². The van der Waals surface area contributed by atoms with Crippen molar-refractivity contribution in [1.82, 2.24) is 25.1 Å². The smallest absolute Gasteiger partial charge is 0.147 e. The van der Waals surface area contributed by atoms with E-state index in [1.54, 1.807) is 6.20 Å². The molecule has 0 fully saturated rings. The van der Waals surface area contributed by atoms with Crippen molar-refractivity contribution in [3.63, 3.8) is 0 Å². The van der Waals surface area contributed by atoms with Crippen LogP contribution in [0.3, 0.4) is 0 Å². The molecule has 0 radical (unpaired) electrons. The molecule has 1 atom stereocenters. The minimum atomic E-state index is 0.269. The third-order valence-corrected chi connectivity index (χ3v) is 3.69. The predicted molar refractivity (Wildman–Crippen MR) is 72.5 cm³/mol. The van der Waals surface area contributed by atoms with Gasteiger partial charge < -0.3 is 9.88 Å². The lowest BCUT2D eigenvalue weighted by Crippen LogP contribution is -2.22. The van der Waals surface area contributed by atoms with Crippen molar-refractivity contribution in [2.24, 2.45) is 0 Å². The van der Waals surface area contributed by atoms with Gasteiger partial charge in [-0.3, -0.25) is 4.98 Å². The van der Waals surface area contributed by atoms with Crippen LogP contribution in [0.15, 0.2) is 24.5 Å². The lowest BCUT2D eigenvalue weighted by molar-refractivity contribution is 0.483. The summed E-state index contributed by atoms with van der Waals surface area (Å²) >= 11 is 0. The van der Waals surface area contributed by atoms with Crippen molar-refractivity contribution in [2.75, 3.05) is 0 Å². The molecule has 1 aliphatic rings. The second kappa shape index (κ2) is 5.48. The number of nitrogens with one attached hydrogen (secondary N) is 1. The fourth-order valence-corrected chi connectivity index (χ4v) is 2.49. The number of nitrogens with zero attached hydrogens (tertiary/aromatic N) is 4. The van der Waals surface area contributed by atoms with Gasteiger partial charge in [-0.15, -0.1) is 10.2 Å². The van der Waals surface area contributed by atoms with E-state index < -0.39 is 0 Å². The molecular weight excluding hydrogens is 238 g/mol. The number of aryl methyl sites for hydroxylation is 1. The van der Waals surface area contributed by atoms with Crippen LogP contribution >= 0.6 is 0 Å². The summed E-state index contributed by atoms with van der Waals surface area (Å²) in [4.78, 5) is 4.15. The third kappa shape index (κ3) is 2.66. The predicted octanol–water partition coefficient (Wildman–Crippen LogP) is 1.86. The first-order valence-electron chi connectivity index (χ1n) is 6.89. The van der Waals surface area contributed by atoms with E-state index in [1.165, 1.54) is 18.4 Å². The largest absolute Gasteiger partial charge is 0.314 e. The van der Waals surface area contributed by atoms with Gasteiger partial charge in [-0.05, 0) is 31.4 Å². The van der Waals surface area contributed by atoms with E-state index in [2.05, 4.69) is 38.1 Å². The average Bonchev–Trinajstić information content (AvgIpc) is 2.89. The monoisotopic (exact) mass is 257 g/mol. The zero-order valence-corrected chi connectivity index (χ0v) is 11.2. The summed E-state index contributed by atoms with van der Waals surface area (Å²) < 4.78 is 2.26. The van der Waals surface area contributed by atoms with Gasteiger partial charge in [-0.2, -0.15) is 0 Å². The molecular formula is C14H19N5. The molecule has 0 spiro atoms. The average molecular weight is 257 g/mol. The van der Waals surface area contributed by atoms with Crippen LogP contribution in [-0.4, -0.2) is 19.7 Å². The van der Waals surface area contributed by atoms with Crippen LogP contribution in [0.1, 0.15) is 43.0 Å². The quantitative estimate of drug-likeness (QED) is 0.908. The summed E-state index contributed by atoms with van der Waals surface area (Å²) in [5, 5.41) is 12.1. The van der Waals surface area contributed by atoms with Crippen LogP contribution in [0, 0.1) is 0 Å². The lowest BCUT2D eigenvalue weighted by atomic mass is 10.1. The molecule has 2 aromatic heterocycles. The Labute approximate surface area is 113 Å². The first-order valence-corrected chi connectivity index (χ1v) is 6.89. The van der Waals surface area contributed by atoms with Crippen molar-refractivity contribution in [2.45, 2.75) is 45.3 Å². The molecule has 2 aromatic rings. The summed E-state index contributed by atoms with van der Waals surface area (Å²) in [5.41, 5.74) is 1.20. The SMILES string of the molecule is CC(NCc1nnc2n1CCCC2)c1cccnc1. The second-order valence-electron chi connectivity index (χ2n) is 5.03. The van der Waals surface area contributed by atoms with Crippen molar-refractivity contribution in [3.8, 4) is 0 Å². The Balaban J connectivity index is 1.65. The Bertz CT molecular complexity index is 534. The van der Waals surface area contributed by atoms with Gasteiger partial charge in [0.25, 0.3) is 0 Å². The number of hydrogen-bond donors (Lipinski definition) is 1. The molecule has 0 aliphatic carbocycles. The Morgan fingerprint density at radius 2 is 2.32 bits per heavy atom. The number of hydrogen-bond acceptors (Lipinski definition) is 4. The lowest BCUT2D eigenvalue weighted by Gasteiger charge is -2.17. The summed E-state index contributed by atoms with van der Waals surface area (Å²) in [6.45, 7) is 3.95. The highest BCUT2D eigenvalue weighted by Gasteiger charge is 2.16. The molecule has 0 bridgehead atoms. The van der Waals surface area contributed by atoms with Gasteiger partial charge in [0.1, 0.15) is 11.6 Å². The maximum Gasteiger partial charge on any atom is 0.147 e. The van der Waals surface area contributed by atoms with Gasteiger partial charge >= 0.3 is 0 Å². The highest BCUT2D eigenvalue weighted by atomic mass is 15.3. The zero-order valence-electron chi connectivity index (χ0n) is 11.2. The minimum absolute atomic E-state index is 0.269. The zero-order chi connectivity index (χ0) is 13.1. The summed E-state index contributed by atoms with van der Waals surface area (Å²) in [6, 6.07) is 4.32. The van der Waals surface area contributed by atoms with Crippen LogP contribution < -0.4 is 5.32 Å². The molecule has 5 nitrogen and oxygen atoms in total. The molecule has 0 amide bonds. The fourth-order valence-electron chi connectivity index (χ4n) is 2.49. The molecule has 0 saturated heterocycles. The molecule has 100 valence electrons. The van der Waals surface area contributed by atoms with Gasteiger partial charge in [0.05, 0.1) is 6.54 Å². The Hall–Kier alpha value is -1.75. The topological polar surface area (TPSA) is 55.6 Å². The van der Waals surface area contributed by atoms with Crippen molar-refractivity contribution < 1.29 is 0 Å². The molecule has 1 unspecified atom stereocenters. The van der Waals surface area contributed by atoms with E-state index in [1.807, 2.05) is 12.3 Å². The third-order valence-electron chi connectivity index (χ3n) is 3.69. The van der Waals surface area contributed by atoms with E-state index in [9.17, 15) is 0 Å². The van der Waals surface area contributed by atoms with Crippen molar-refractivity contribution in [3.05, 3.63) is 41.7 Å². The van der Waals surface area contributed by atoms with E-state index in [4.69, 9.17) is 0 Å². The maximum atomic E-state index is 4.30. The second-order valence-corrected chi connectivity index (χ2v) is 5.03. The standard InChI is InChI=1S/C14H19N5/c1-11(12-5-4-7-15-9-12)16-10-14-18-17-13-6-2-3-8-19(13)14/h4-5,7,9,11,16H,2-3,6,8,10H2,1H3. The first kappa shape index (κ1) is 12.3. The van der Waals surface area contributed by atoms with Crippen molar-refractivity contribution in [1.29, 1.82) is 0 Å². The van der Waals surface area contributed by atoms with Crippen LogP contribution in [0.25, 0.3) is 0 Å². The first-order chi connectivity index (χ1) is 9.34. The highest BCUT2D eigenvalue weighted by molar-refractivity contribution is 5.13. The minimum Gasteiger partial charge on any atom is -0.314 e. The van der Waals surface area contributed by atoms with Gasteiger partial charge in [0.15, 0.2) is 0 Å². The Morgan fingerprint density at radius 3 is 3.16 bits per heavy atom. The molecule has 0 saturated carbocycles. The molecule has 19 heavy (non-hydrogen) atoms. The number of pyridine rings is 1. The van der Waals surface area contributed by atoms with Gasteiger partial charge in [0, 0.05) is 31.4 Å². The van der Waals surface area contributed by atoms with Gasteiger partial charge in [-0.1, -0.05) is 6.07 Å². The van der Waals surface area contributed by atoms with Crippen LogP contribution in [0.5, 0.6) is 0 Å². The fraction of sp³-hybridized carbons (Fsp3) is 0.500. The van der Waals surface area contributed by atoms with E-state index in [0.29, 0.717) is 0 Å². The van der Waals surface area contributed by atoms with Crippen LogP contribution in [0.2, 0.25) is 0 Å². The van der Waals surface area contributed by atoms with Gasteiger partial charge in [-0.25, -0.2) is 0 Å². The van der Waals surface area contributed by atoms with E-state index >= 15 is 0 Å². The molecule has 0 aromatic carbocycles. The van der Waals surface area contributed by atoms with E-state index in [0.717, 1.165) is 31.2 Å². The maximum absolute atomic E-state index is 4.30. The molecule has 1 aliphatic heterocycles. The highest BCUT2D eigenvalue weighted by Crippen LogP contribution is 2.15. The number of rotatable bonds is 4. The number of aromatic nitrogens is 4. The summed E-state index contributed by atoms with van der Waals surface area (Å²) in [6.07, 6.45) is 7.22. The van der Waals surface area contributed by atoms with Crippen LogP contribution in [-0.2, 0) is 19.5 Å². The normalized spacial score (nSPS) is 16.1. The summed E-state index contributed by atoms with van der Waals surface area (Å²) in [7, 11) is 0. The molecule has 1 N–H and O–H groups in total. The Morgan fingerprint density at radius 1 is 1.37 bits per heavy atom. The molecule has 3 rings (SSSR count). The van der Waals surface area contributed by atoms with Crippen molar-refractivity contribution >= 4 is 0 Å². The van der Waals surface area contributed by atoms with Gasteiger partial charge in [0.2, 0.25) is 0 Å². The molecule has 3 heterocycles. The van der Waals surface area contributed by atoms with E-state index in [-0.39, 0.29) is 6.04 Å². The Kier molecular flexibility index (Phi) is 3.55. The summed E-state index contributed by atoms with van der Waals surface area (Å²) in [5.74, 6) is 2.18. The number of fused-ring (bicyclic) bond motifs is 1. The molecule has 5 heteroatoms.